The Bertz CT molecular complexity index is 998. The van der Waals surface area contributed by atoms with Gasteiger partial charge in [0.05, 0.1) is 17.7 Å². The molecule has 0 aromatic heterocycles. The first-order chi connectivity index (χ1) is 12.9. The number of halogens is 2. The maximum absolute atomic E-state index is 12.1. The SMILES string of the molecule is COc1ccc(/C=C2\N=C(c3ccc(Cl)cc3Cl)OC2=O)cc1OC(C)=O. The molecule has 3 rings (SSSR count). The minimum Gasteiger partial charge on any atom is -0.493 e. The van der Waals surface area contributed by atoms with E-state index in [4.69, 9.17) is 37.4 Å². The summed E-state index contributed by atoms with van der Waals surface area (Å²) in [5, 5.41) is 0.776. The van der Waals surface area contributed by atoms with E-state index in [1.807, 2.05) is 0 Å². The van der Waals surface area contributed by atoms with Gasteiger partial charge in [0, 0.05) is 11.9 Å². The van der Waals surface area contributed by atoms with Crippen molar-refractivity contribution in [2.24, 2.45) is 4.99 Å². The fourth-order valence-electron chi connectivity index (χ4n) is 2.36. The van der Waals surface area contributed by atoms with E-state index in [2.05, 4.69) is 4.99 Å². The van der Waals surface area contributed by atoms with Crippen LogP contribution in [0.15, 0.2) is 47.1 Å². The molecule has 0 bridgehead atoms. The molecule has 0 amide bonds. The Kier molecular flexibility index (Phi) is 5.48. The lowest BCUT2D eigenvalue weighted by molar-refractivity contribution is -0.132. The number of benzene rings is 2. The monoisotopic (exact) mass is 405 g/mol. The zero-order chi connectivity index (χ0) is 19.6. The average molecular weight is 406 g/mol. The normalized spacial score (nSPS) is 14.7. The summed E-state index contributed by atoms with van der Waals surface area (Å²) in [5.41, 5.74) is 1.11. The van der Waals surface area contributed by atoms with E-state index in [1.165, 1.54) is 26.2 Å². The molecule has 0 saturated heterocycles. The zero-order valence-electron chi connectivity index (χ0n) is 14.3. The highest BCUT2D eigenvalue weighted by molar-refractivity contribution is 6.37. The second-order valence-electron chi connectivity index (χ2n) is 5.46. The summed E-state index contributed by atoms with van der Waals surface area (Å²) < 4.78 is 15.5. The van der Waals surface area contributed by atoms with Crippen molar-refractivity contribution in [2.45, 2.75) is 6.92 Å². The lowest BCUT2D eigenvalue weighted by Crippen LogP contribution is -2.06. The largest absolute Gasteiger partial charge is 0.493 e. The molecule has 2 aromatic rings. The van der Waals surface area contributed by atoms with E-state index >= 15 is 0 Å². The number of hydrogen-bond acceptors (Lipinski definition) is 6. The Morgan fingerprint density at radius 2 is 1.93 bits per heavy atom. The Balaban J connectivity index is 1.96. The van der Waals surface area contributed by atoms with Gasteiger partial charge in [0.25, 0.3) is 0 Å². The van der Waals surface area contributed by atoms with Crippen LogP contribution in [0.25, 0.3) is 6.08 Å². The maximum atomic E-state index is 12.1. The van der Waals surface area contributed by atoms with Crippen molar-refractivity contribution in [3.05, 3.63) is 63.3 Å². The van der Waals surface area contributed by atoms with Crippen molar-refractivity contribution in [1.82, 2.24) is 0 Å². The molecule has 0 spiro atoms. The van der Waals surface area contributed by atoms with Crippen LogP contribution in [-0.2, 0) is 14.3 Å². The summed E-state index contributed by atoms with van der Waals surface area (Å²) in [4.78, 5) is 27.6. The number of aliphatic imine (C=N–C) groups is 1. The van der Waals surface area contributed by atoms with Crippen molar-refractivity contribution < 1.29 is 23.8 Å². The van der Waals surface area contributed by atoms with Gasteiger partial charge < -0.3 is 14.2 Å². The quantitative estimate of drug-likeness (QED) is 0.431. The standard InChI is InChI=1S/C19H13Cl2NO5/c1-10(23)26-17-8-11(3-6-16(17)25-2)7-15-19(24)27-18(22-15)13-5-4-12(20)9-14(13)21/h3-9H,1-2H3/b15-7-. The second kappa shape index (κ2) is 7.82. The van der Waals surface area contributed by atoms with E-state index in [-0.39, 0.29) is 17.3 Å². The number of cyclic esters (lactones) is 1. The van der Waals surface area contributed by atoms with Crippen LogP contribution in [0.3, 0.4) is 0 Å². The highest BCUT2D eigenvalue weighted by Crippen LogP contribution is 2.30. The molecule has 27 heavy (non-hydrogen) atoms. The minimum atomic E-state index is -0.624. The molecular formula is C19H13Cl2NO5. The number of nitrogens with zero attached hydrogens (tertiary/aromatic N) is 1. The van der Waals surface area contributed by atoms with E-state index in [1.54, 1.807) is 30.3 Å². The van der Waals surface area contributed by atoms with Gasteiger partial charge in [-0.3, -0.25) is 4.79 Å². The maximum Gasteiger partial charge on any atom is 0.363 e. The molecule has 1 heterocycles. The van der Waals surface area contributed by atoms with Crippen LogP contribution < -0.4 is 9.47 Å². The summed E-state index contributed by atoms with van der Waals surface area (Å²) >= 11 is 12.0. The number of carbonyl (C=O) groups excluding carboxylic acids is 2. The summed E-state index contributed by atoms with van der Waals surface area (Å²) in [7, 11) is 1.46. The van der Waals surface area contributed by atoms with Gasteiger partial charge in [0.1, 0.15) is 0 Å². The molecule has 0 N–H and O–H groups in total. The van der Waals surface area contributed by atoms with Gasteiger partial charge in [-0.2, -0.15) is 0 Å². The zero-order valence-corrected chi connectivity index (χ0v) is 15.8. The molecule has 138 valence electrons. The molecule has 0 radical (unpaired) electrons. The molecule has 0 unspecified atom stereocenters. The number of esters is 2. The summed E-state index contributed by atoms with van der Waals surface area (Å²) in [6.07, 6.45) is 1.51. The molecule has 0 saturated carbocycles. The lowest BCUT2D eigenvalue weighted by Gasteiger charge is -2.08. The van der Waals surface area contributed by atoms with E-state index in [0.717, 1.165) is 0 Å². The van der Waals surface area contributed by atoms with Crippen molar-refractivity contribution in [2.75, 3.05) is 7.11 Å². The smallest absolute Gasteiger partial charge is 0.363 e. The first kappa shape index (κ1) is 18.9. The van der Waals surface area contributed by atoms with Crippen LogP contribution >= 0.6 is 23.2 Å². The van der Waals surface area contributed by atoms with Crippen LogP contribution in [0.5, 0.6) is 11.5 Å². The molecule has 0 atom stereocenters. The number of ether oxygens (including phenoxy) is 3. The Hall–Kier alpha value is -2.83. The highest BCUT2D eigenvalue weighted by Gasteiger charge is 2.25. The number of rotatable bonds is 4. The predicted molar refractivity (Wildman–Crippen MR) is 101 cm³/mol. The predicted octanol–water partition coefficient (Wildman–Crippen LogP) is 4.27. The third-order valence-corrected chi connectivity index (χ3v) is 4.07. The first-order valence-electron chi connectivity index (χ1n) is 7.72. The van der Waals surface area contributed by atoms with Gasteiger partial charge in [-0.05, 0) is 42.0 Å². The van der Waals surface area contributed by atoms with Crippen LogP contribution in [0.1, 0.15) is 18.1 Å². The van der Waals surface area contributed by atoms with E-state index < -0.39 is 11.9 Å². The van der Waals surface area contributed by atoms with Crippen LogP contribution in [0.4, 0.5) is 0 Å². The summed E-state index contributed by atoms with van der Waals surface area (Å²) in [6.45, 7) is 1.28. The molecule has 8 heteroatoms. The van der Waals surface area contributed by atoms with Gasteiger partial charge in [0.15, 0.2) is 17.2 Å². The van der Waals surface area contributed by atoms with Crippen molar-refractivity contribution in [3.8, 4) is 11.5 Å². The van der Waals surface area contributed by atoms with Gasteiger partial charge in [0.2, 0.25) is 5.90 Å². The number of carbonyl (C=O) groups is 2. The average Bonchev–Trinajstić information content (AvgIpc) is 2.95. The van der Waals surface area contributed by atoms with Crippen molar-refractivity contribution >= 4 is 47.1 Å². The first-order valence-corrected chi connectivity index (χ1v) is 8.47. The molecule has 1 aliphatic rings. The fourth-order valence-corrected chi connectivity index (χ4v) is 2.85. The van der Waals surface area contributed by atoms with Gasteiger partial charge in [-0.1, -0.05) is 29.3 Å². The summed E-state index contributed by atoms with van der Waals surface area (Å²) in [5.74, 6) is -0.410. The van der Waals surface area contributed by atoms with Crippen molar-refractivity contribution in [3.63, 3.8) is 0 Å². The highest BCUT2D eigenvalue weighted by atomic mass is 35.5. The minimum absolute atomic E-state index is 0.0787. The number of methoxy groups -OCH3 is 1. The Labute approximate surface area is 165 Å². The van der Waals surface area contributed by atoms with Crippen LogP contribution in [-0.4, -0.2) is 24.9 Å². The Morgan fingerprint density at radius 1 is 1.15 bits per heavy atom. The second-order valence-corrected chi connectivity index (χ2v) is 6.31. The summed E-state index contributed by atoms with van der Waals surface area (Å²) in [6, 6.07) is 9.64. The molecule has 2 aromatic carbocycles. The van der Waals surface area contributed by atoms with Crippen LogP contribution in [0, 0.1) is 0 Å². The van der Waals surface area contributed by atoms with Crippen LogP contribution in [0.2, 0.25) is 10.0 Å². The molecule has 0 aliphatic carbocycles. The molecular weight excluding hydrogens is 393 g/mol. The third-order valence-electron chi connectivity index (χ3n) is 3.53. The van der Waals surface area contributed by atoms with Gasteiger partial charge in [-0.25, -0.2) is 9.79 Å². The Morgan fingerprint density at radius 3 is 2.59 bits per heavy atom. The van der Waals surface area contributed by atoms with E-state index in [9.17, 15) is 9.59 Å². The van der Waals surface area contributed by atoms with Gasteiger partial charge >= 0.3 is 11.9 Å². The fraction of sp³-hybridized carbons (Fsp3) is 0.105. The third kappa shape index (κ3) is 4.30. The molecule has 6 nitrogen and oxygen atoms in total. The molecule has 1 aliphatic heterocycles. The van der Waals surface area contributed by atoms with E-state index in [0.29, 0.717) is 26.9 Å². The van der Waals surface area contributed by atoms with Crippen molar-refractivity contribution in [1.29, 1.82) is 0 Å². The topological polar surface area (TPSA) is 74.2 Å². The number of hydrogen-bond donors (Lipinski definition) is 0. The molecule has 0 fully saturated rings. The van der Waals surface area contributed by atoms with Gasteiger partial charge in [-0.15, -0.1) is 0 Å². The lowest BCUT2D eigenvalue weighted by atomic mass is 10.1.